The van der Waals surface area contributed by atoms with Crippen LogP contribution in [0.2, 0.25) is 4.34 Å². The minimum atomic E-state index is 0.120. The zero-order chi connectivity index (χ0) is 11.5. The molecule has 1 amide bonds. The monoisotopic (exact) mass is 258 g/mol. The molecule has 3 nitrogen and oxygen atoms in total. The summed E-state index contributed by atoms with van der Waals surface area (Å²) in [6.45, 7) is 1.73. The minimum Gasteiger partial charge on any atom is -0.334 e. The summed E-state index contributed by atoms with van der Waals surface area (Å²) in [4.78, 5) is 14.9. The fraction of sp³-hybridized carbons (Fsp3) is 0.545. The van der Waals surface area contributed by atoms with Crippen LogP contribution in [0.15, 0.2) is 12.1 Å². The van der Waals surface area contributed by atoms with Crippen molar-refractivity contribution in [2.45, 2.75) is 18.9 Å². The second-order valence-corrected chi connectivity index (χ2v) is 5.67. The van der Waals surface area contributed by atoms with Gasteiger partial charge in [0.2, 0.25) is 0 Å². The van der Waals surface area contributed by atoms with Gasteiger partial charge in [0.05, 0.1) is 9.21 Å². The van der Waals surface area contributed by atoms with Crippen molar-refractivity contribution in [2.24, 2.45) is 0 Å². The zero-order valence-electron chi connectivity index (χ0n) is 9.20. The van der Waals surface area contributed by atoms with E-state index in [0.717, 1.165) is 30.8 Å². The smallest absolute Gasteiger partial charge is 0.264 e. The van der Waals surface area contributed by atoms with Gasteiger partial charge < -0.3 is 10.2 Å². The maximum absolute atomic E-state index is 12.2. The highest BCUT2D eigenvalue weighted by Crippen LogP contribution is 2.26. The maximum Gasteiger partial charge on any atom is 0.264 e. The normalized spacial score (nSPS) is 20.4. The van der Waals surface area contributed by atoms with Crippen molar-refractivity contribution >= 4 is 28.8 Å². The molecule has 5 heteroatoms. The van der Waals surface area contributed by atoms with Crippen LogP contribution in [0, 0.1) is 0 Å². The highest BCUT2D eigenvalue weighted by atomic mass is 35.5. The van der Waals surface area contributed by atoms with E-state index in [2.05, 4.69) is 5.32 Å². The van der Waals surface area contributed by atoms with Crippen LogP contribution in [0.4, 0.5) is 0 Å². The molecule has 1 N–H and O–H groups in total. The van der Waals surface area contributed by atoms with E-state index in [1.165, 1.54) is 11.3 Å². The van der Waals surface area contributed by atoms with Crippen molar-refractivity contribution in [1.82, 2.24) is 10.2 Å². The summed E-state index contributed by atoms with van der Waals surface area (Å²) in [5.74, 6) is 0.120. The van der Waals surface area contributed by atoms with Crippen molar-refractivity contribution in [3.63, 3.8) is 0 Å². The number of nitrogens with one attached hydrogen (secondary N) is 1. The molecule has 0 radical (unpaired) electrons. The number of halogens is 1. The Morgan fingerprint density at radius 3 is 3.12 bits per heavy atom. The average Bonchev–Trinajstić information content (AvgIpc) is 2.87. The molecule has 0 saturated carbocycles. The molecule has 1 saturated heterocycles. The number of nitrogens with zero attached hydrogens (tertiary/aromatic N) is 1. The van der Waals surface area contributed by atoms with E-state index in [4.69, 9.17) is 11.6 Å². The largest absolute Gasteiger partial charge is 0.334 e. The van der Waals surface area contributed by atoms with Crippen molar-refractivity contribution in [1.29, 1.82) is 0 Å². The third-order valence-electron chi connectivity index (χ3n) is 2.86. The highest BCUT2D eigenvalue weighted by molar-refractivity contribution is 7.17. The Morgan fingerprint density at radius 2 is 2.50 bits per heavy atom. The number of rotatable bonds is 3. The number of likely N-dealkylation sites (N-methyl/N-ethyl adjacent to an activating group) is 1. The predicted molar refractivity (Wildman–Crippen MR) is 67.3 cm³/mol. The Kier molecular flexibility index (Phi) is 3.84. The number of likely N-dealkylation sites (tertiary alicyclic amines) is 1. The van der Waals surface area contributed by atoms with E-state index >= 15 is 0 Å². The Morgan fingerprint density at radius 1 is 1.69 bits per heavy atom. The number of hydrogen-bond donors (Lipinski definition) is 1. The molecule has 1 aromatic rings. The third-order valence-corrected chi connectivity index (χ3v) is 4.08. The van der Waals surface area contributed by atoms with E-state index in [0.29, 0.717) is 10.4 Å². The third kappa shape index (κ3) is 2.39. The molecule has 1 atom stereocenters. The maximum atomic E-state index is 12.2. The van der Waals surface area contributed by atoms with Crippen molar-refractivity contribution < 1.29 is 4.79 Å². The van der Waals surface area contributed by atoms with E-state index in [-0.39, 0.29) is 5.91 Å². The summed E-state index contributed by atoms with van der Waals surface area (Å²) in [6, 6.07) is 3.92. The van der Waals surface area contributed by atoms with Gasteiger partial charge >= 0.3 is 0 Å². The van der Waals surface area contributed by atoms with Crippen LogP contribution in [0.1, 0.15) is 22.5 Å². The van der Waals surface area contributed by atoms with Gasteiger partial charge in [-0.1, -0.05) is 11.6 Å². The van der Waals surface area contributed by atoms with Crippen LogP contribution >= 0.6 is 22.9 Å². The van der Waals surface area contributed by atoms with Crippen LogP contribution in [0.3, 0.4) is 0 Å². The predicted octanol–water partition coefficient (Wildman–Crippen LogP) is 2.23. The molecule has 1 aromatic heterocycles. The number of carbonyl (C=O) groups excluding carboxylic acids is 1. The Hall–Kier alpha value is -0.580. The fourth-order valence-electron chi connectivity index (χ4n) is 2.12. The molecule has 0 spiro atoms. The first-order chi connectivity index (χ1) is 7.72. The number of hydrogen-bond acceptors (Lipinski definition) is 3. The second kappa shape index (κ2) is 5.17. The van der Waals surface area contributed by atoms with Gasteiger partial charge in [0, 0.05) is 19.1 Å². The minimum absolute atomic E-state index is 0.120. The standard InChI is InChI=1S/C11H15ClN2OS/c1-13-7-8-3-2-6-14(8)11(15)9-4-5-10(12)16-9/h4-5,8,13H,2-3,6-7H2,1H3. The van der Waals surface area contributed by atoms with Gasteiger partial charge in [0.1, 0.15) is 0 Å². The highest BCUT2D eigenvalue weighted by Gasteiger charge is 2.29. The lowest BCUT2D eigenvalue weighted by atomic mass is 10.2. The molecule has 1 fully saturated rings. The molecular weight excluding hydrogens is 244 g/mol. The number of carbonyl (C=O) groups is 1. The summed E-state index contributed by atoms with van der Waals surface area (Å²) < 4.78 is 0.674. The zero-order valence-corrected chi connectivity index (χ0v) is 10.8. The van der Waals surface area contributed by atoms with Gasteiger partial charge in [-0.2, -0.15) is 0 Å². The molecule has 2 rings (SSSR count). The van der Waals surface area contributed by atoms with E-state index in [1.54, 1.807) is 6.07 Å². The molecular formula is C11H15ClN2OS. The Balaban J connectivity index is 2.09. The number of thiophene rings is 1. The number of amides is 1. The van der Waals surface area contributed by atoms with Crippen molar-refractivity contribution in [3.8, 4) is 0 Å². The summed E-state index contributed by atoms with van der Waals surface area (Å²) in [7, 11) is 1.92. The van der Waals surface area contributed by atoms with E-state index in [1.807, 2.05) is 18.0 Å². The lowest BCUT2D eigenvalue weighted by Crippen LogP contribution is -2.40. The molecule has 1 aliphatic heterocycles. The molecule has 1 aliphatic rings. The van der Waals surface area contributed by atoms with Gasteiger partial charge in [-0.3, -0.25) is 4.79 Å². The Labute approximate surface area is 104 Å². The molecule has 16 heavy (non-hydrogen) atoms. The van der Waals surface area contributed by atoms with E-state index in [9.17, 15) is 4.79 Å². The first-order valence-corrected chi connectivity index (χ1v) is 6.62. The molecule has 0 bridgehead atoms. The lowest BCUT2D eigenvalue weighted by molar-refractivity contribution is 0.0742. The van der Waals surface area contributed by atoms with Crippen LogP contribution in [0.5, 0.6) is 0 Å². The molecule has 2 heterocycles. The van der Waals surface area contributed by atoms with E-state index < -0.39 is 0 Å². The molecule has 0 aliphatic carbocycles. The summed E-state index contributed by atoms with van der Waals surface area (Å²) in [5.41, 5.74) is 0. The average molecular weight is 259 g/mol. The quantitative estimate of drug-likeness (QED) is 0.902. The van der Waals surface area contributed by atoms with Crippen LogP contribution in [0.25, 0.3) is 0 Å². The fourth-order valence-corrected chi connectivity index (χ4v) is 3.12. The van der Waals surface area contributed by atoms with Gasteiger partial charge in [-0.05, 0) is 32.0 Å². The molecule has 1 unspecified atom stereocenters. The van der Waals surface area contributed by atoms with Gasteiger partial charge in [0.25, 0.3) is 5.91 Å². The van der Waals surface area contributed by atoms with Gasteiger partial charge in [0.15, 0.2) is 0 Å². The van der Waals surface area contributed by atoms with Crippen LogP contribution in [-0.2, 0) is 0 Å². The van der Waals surface area contributed by atoms with Gasteiger partial charge in [-0.25, -0.2) is 0 Å². The molecule has 88 valence electrons. The summed E-state index contributed by atoms with van der Waals surface area (Å²) in [6.07, 6.45) is 2.18. The lowest BCUT2D eigenvalue weighted by Gasteiger charge is -2.23. The summed E-state index contributed by atoms with van der Waals surface area (Å²) >= 11 is 7.20. The first-order valence-electron chi connectivity index (χ1n) is 5.43. The van der Waals surface area contributed by atoms with Crippen LogP contribution in [-0.4, -0.2) is 37.0 Å². The first kappa shape index (κ1) is 11.9. The van der Waals surface area contributed by atoms with Crippen LogP contribution < -0.4 is 5.32 Å². The van der Waals surface area contributed by atoms with Crippen molar-refractivity contribution in [2.75, 3.05) is 20.1 Å². The van der Waals surface area contributed by atoms with Gasteiger partial charge in [-0.15, -0.1) is 11.3 Å². The summed E-state index contributed by atoms with van der Waals surface area (Å²) in [5, 5.41) is 3.13. The second-order valence-electron chi connectivity index (χ2n) is 3.96. The van der Waals surface area contributed by atoms with Crippen molar-refractivity contribution in [3.05, 3.63) is 21.3 Å². The SMILES string of the molecule is CNCC1CCCN1C(=O)c1ccc(Cl)s1. The Bertz CT molecular complexity index is 380. The topological polar surface area (TPSA) is 32.3 Å². The molecule has 0 aromatic carbocycles.